The average Bonchev–Trinajstić information content (AvgIpc) is 3.27. The van der Waals surface area contributed by atoms with Crippen molar-refractivity contribution in [3.63, 3.8) is 0 Å². The number of ether oxygens (including phenoxy) is 2. The van der Waals surface area contributed by atoms with E-state index in [1.165, 1.54) is 35.1 Å². The van der Waals surface area contributed by atoms with Crippen LogP contribution >= 0.6 is 0 Å². The lowest BCUT2D eigenvalue weighted by molar-refractivity contribution is -0.0466. The van der Waals surface area contributed by atoms with Crippen molar-refractivity contribution in [2.24, 2.45) is 17.3 Å². The third kappa shape index (κ3) is 4.68. The number of hydrogen-bond acceptors (Lipinski definition) is 2. The van der Waals surface area contributed by atoms with Crippen LogP contribution < -0.4 is 4.74 Å². The van der Waals surface area contributed by atoms with Gasteiger partial charge in [0, 0.05) is 5.41 Å². The largest absolute Gasteiger partial charge is 0.489 e. The van der Waals surface area contributed by atoms with Crippen molar-refractivity contribution in [1.82, 2.24) is 0 Å². The SMILES string of the molecule is C=CCC1=C2c3ccc(OCc4ccccc4)cc3CCC2C2CC[C@H](OCc3ccccc3)[C@@]2(C)C1. The molecule has 6 rings (SSSR count). The molecule has 190 valence electrons. The summed E-state index contributed by atoms with van der Waals surface area (Å²) < 4.78 is 12.8. The number of rotatable bonds is 8. The van der Waals surface area contributed by atoms with E-state index in [9.17, 15) is 0 Å². The number of allylic oxidation sites excluding steroid dienone is 3. The molecule has 0 N–H and O–H groups in total. The molecular formula is C35H38O2. The molecule has 3 aliphatic rings. The summed E-state index contributed by atoms with van der Waals surface area (Å²) in [5, 5.41) is 0. The molecule has 3 aromatic rings. The first-order chi connectivity index (χ1) is 18.2. The molecule has 0 heterocycles. The van der Waals surface area contributed by atoms with Crippen molar-refractivity contribution in [1.29, 1.82) is 0 Å². The lowest BCUT2D eigenvalue weighted by Crippen LogP contribution is -2.42. The zero-order chi connectivity index (χ0) is 25.2. The third-order valence-electron chi connectivity index (χ3n) is 9.18. The minimum atomic E-state index is 0.192. The summed E-state index contributed by atoms with van der Waals surface area (Å²) in [7, 11) is 0. The molecule has 0 saturated heterocycles. The highest BCUT2D eigenvalue weighted by atomic mass is 16.5. The molecule has 2 heteroatoms. The fourth-order valence-corrected chi connectivity index (χ4v) is 7.47. The van der Waals surface area contributed by atoms with Crippen LogP contribution in [-0.4, -0.2) is 6.10 Å². The Morgan fingerprint density at radius 3 is 2.35 bits per heavy atom. The normalized spacial score (nSPS) is 26.2. The second kappa shape index (κ2) is 10.3. The number of fused-ring (bicyclic) bond motifs is 5. The van der Waals surface area contributed by atoms with Crippen LogP contribution in [0.1, 0.15) is 61.3 Å². The van der Waals surface area contributed by atoms with E-state index in [-0.39, 0.29) is 5.41 Å². The van der Waals surface area contributed by atoms with Gasteiger partial charge in [-0.1, -0.05) is 85.3 Å². The predicted octanol–water partition coefficient (Wildman–Crippen LogP) is 8.56. The van der Waals surface area contributed by atoms with Gasteiger partial charge in [-0.25, -0.2) is 0 Å². The van der Waals surface area contributed by atoms with Crippen molar-refractivity contribution >= 4 is 5.57 Å². The fraction of sp³-hybridized carbons (Fsp3) is 0.371. The molecule has 0 aliphatic heterocycles. The Morgan fingerprint density at radius 2 is 1.62 bits per heavy atom. The van der Waals surface area contributed by atoms with Gasteiger partial charge in [-0.15, -0.1) is 6.58 Å². The van der Waals surface area contributed by atoms with Crippen LogP contribution in [0.4, 0.5) is 0 Å². The zero-order valence-electron chi connectivity index (χ0n) is 22.0. The van der Waals surface area contributed by atoms with E-state index in [1.54, 1.807) is 11.1 Å². The van der Waals surface area contributed by atoms with Gasteiger partial charge < -0.3 is 9.47 Å². The fourth-order valence-electron chi connectivity index (χ4n) is 7.47. The van der Waals surface area contributed by atoms with Crippen molar-refractivity contribution in [2.45, 2.75) is 64.8 Å². The van der Waals surface area contributed by atoms with E-state index in [4.69, 9.17) is 9.47 Å². The number of aryl methyl sites for hydroxylation is 1. The Morgan fingerprint density at radius 1 is 0.892 bits per heavy atom. The molecule has 0 bridgehead atoms. The van der Waals surface area contributed by atoms with Gasteiger partial charge in [0.05, 0.1) is 12.7 Å². The summed E-state index contributed by atoms with van der Waals surface area (Å²) >= 11 is 0. The van der Waals surface area contributed by atoms with Crippen LogP contribution in [0.15, 0.2) is 97.1 Å². The topological polar surface area (TPSA) is 18.5 Å². The first kappa shape index (κ1) is 24.2. The van der Waals surface area contributed by atoms with Crippen LogP contribution in [0, 0.1) is 17.3 Å². The summed E-state index contributed by atoms with van der Waals surface area (Å²) in [4.78, 5) is 0. The molecule has 4 atom stereocenters. The Hall–Kier alpha value is -3.10. The predicted molar refractivity (Wildman–Crippen MR) is 151 cm³/mol. The molecule has 1 saturated carbocycles. The highest BCUT2D eigenvalue weighted by Gasteiger charge is 2.54. The van der Waals surface area contributed by atoms with E-state index in [0.29, 0.717) is 31.2 Å². The lowest BCUT2D eigenvalue weighted by atomic mass is 9.57. The smallest absolute Gasteiger partial charge is 0.120 e. The zero-order valence-corrected chi connectivity index (χ0v) is 22.0. The Bertz CT molecular complexity index is 1280. The van der Waals surface area contributed by atoms with E-state index < -0.39 is 0 Å². The van der Waals surface area contributed by atoms with E-state index in [2.05, 4.69) is 92.4 Å². The molecule has 3 aliphatic carbocycles. The molecule has 2 unspecified atom stereocenters. The molecule has 1 fully saturated rings. The van der Waals surface area contributed by atoms with Gasteiger partial charge in [0.15, 0.2) is 0 Å². The van der Waals surface area contributed by atoms with Crippen molar-refractivity contribution in [3.05, 3.63) is 119 Å². The third-order valence-corrected chi connectivity index (χ3v) is 9.18. The maximum atomic E-state index is 6.65. The molecule has 3 aromatic carbocycles. The summed E-state index contributed by atoms with van der Waals surface area (Å²) in [6.45, 7) is 7.96. The maximum absolute atomic E-state index is 6.65. The molecule has 37 heavy (non-hydrogen) atoms. The minimum Gasteiger partial charge on any atom is -0.489 e. The summed E-state index contributed by atoms with van der Waals surface area (Å²) in [6.07, 6.45) is 9.26. The molecule has 0 amide bonds. The maximum Gasteiger partial charge on any atom is 0.120 e. The second-order valence-corrected chi connectivity index (χ2v) is 11.4. The highest BCUT2D eigenvalue weighted by molar-refractivity contribution is 5.76. The Labute approximate surface area is 222 Å². The molecular weight excluding hydrogens is 452 g/mol. The van der Waals surface area contributed by atoms with Crippen LogP contribution in [0.3, 0.4) is 0 Å². The van der Waals surface area contributed by atoms with Crippen molar-refractivity contribution in [3.8, 4) is 5.75 Å². The van der Waals surface area contributed by atoms with Gasteiger partial charge >= 0.3 is 0 Å². The van der Waals surface area contributed by atoms with Gasteiger partial charge in [-0.3, -0.25) is 0 Å². The second-order valence-electron chi connectivity index (χ2n) is 11.4. The van der Waals surface area contributed by atoms with Gasteiger partial charge in [0.25, 0.3) is 0 Å². The lowest BCUT2D eigenvalue weighted by Gasteiger charge is -2.48. The average molecular weight is 491 g/mol. The quantitative estimate of drug-likeness (QED) is 0.294. The van der Waals surface area contributed by atoms with E-state index in [1.807, 2.05) is 6.07 Å². The molecule has 0 radical (unpaired) electrons. The van der Waals surface area contributed by atoms with Crippen LogP contribution in [0.5, 0.6) is 5.75 Å². The van der Waals surface area contributed by atoms with E-state index >= 15 is 0 Å². The van der Waals surface area contributed by atoms with Crippen molar-refractivity contribution in [2.75, 3.05) is 0 Å². The summed E-state index contributed by atoms with van der Waals surface area (Å²) in [5.74, 6) is 2.27. The summed E-state index contributed by atoms with van der Waals surface area (Å²) in [6, 6.07) is 27.8. The van der Waals surface area contributed by atoms with Crippen LogP contribution in [0.25, 0.3) is 5.57 Å². The summed E-state index contributed by atoms with van der Waals surface area (Å²) in [5.41, 5.74) is 8.75. The first-order valence-electron chi connectivity index (χ1n) is 13.9. The van der Waals surface area contributed by atoms with Gasteiger partial charge in [0.2, 0.25) is 0 Å². The van der Waals surface area contributed by atoms with Crippen LogP contribution in [-0.2, 0) is 24.4 Å². The van der Waals surface area contributed by atoms with Crippen molar-refractivity contribution < 1.29 is 9.47 Å². The minimum absolute atomic E-state index is 0.192. The number of benzene rings is 3. The van der Waals surface area contributed by atoms with Gasteiger partial charge in [0.1, 0.15) is 12.4 Å². The van der Waals surface area contributed by atoms with Gasteiger partial charge in [-0.2, -0.15) is 0 Å². The highest BCUT2D eigenvalue weighted by Crippen LogP contribution is 2.61. The number of hydrogen-bond donors (Lipinski definition) is 0. The Kier molecular flexibility index (Phi) is 6.78. The Balaban J connectivity index is 1.26. The van der Waals surface area contributed by atoms with Gasteiger partial charge in [-0.05, 0) is 90.3 Å². The molecule has 0 aromatic heterocycles. The standard InChI is InChI=1S/C35H38O2/c1-3-10-28-22-35(2)32(19-20-33(35)37-24-26-13-8-5-9-14-26)31-17-15-27-21-29(16-18-30(27)34(28)31)36-23-25-11-6-4-7-12-25/h3-9,11-14,16,18,21,31-33H,1,10,15,17,19-20,22-24H2,2H3/t31?,32?,33-,35-/m0/s1. The molecule has 2 nitrogen and oxygen atoms in total. The monoisotopic (exact) mass is 490 g/mol. The van der Waals surface area contributed by atoms with E-state index in [0.717, 1.165) is 31.4 Å². The molecule has 0 spiro atoms. The first-order valence-corrected chi connectivity index (χ1v) is 13.9. The van der Waals surface area contributed by atoms with Crippen LogP contribution in [0.2, 0.25) is 0 Å².